The van der Waals surface area contributed by atoms with E-state index in [-0.39, 0.29) is 27.7 Å². The molecule has 0 aromatic heterocycles. The van der Waals surface area contributed by atoms with Gasteiger partial charge in [-0.05, 0) is 42.3 Å². The van der Waals surface area contributed by atoms with Gasteiger partial charge in [-0.1, -0.05) is 42.8 Å². The van der Waals surface area contributed by atoms with Gasteiger partial charge in [-0.25, -0.2) is 0 Å². The summed E-state index contributed by atoms with van der Waals surface area (Å²) in [5, 5.41) is 11.9. The Labute approximate surface area is 233 Å². The summed E-state index contributed by atoms with van der Waals surface area (Å²) in [5.74, 6) is -1.07. The summed E-state index contributed by atoms with van der Waals surface area (Å²) in [7, 11) is 6.70. The third-order valence-electron chi connectivity index (χ3n) is 6.49. The first kappa shape index (κ1) is 27.9. The van der Waals surface area contributed by atoms with E-state index in [0.29, 0.717) is 23.6 Å². The number of aliphatic hydroxyl groups is 1. The zero-order valence-electron chi connectivity index (χ0n) is 22.5. The lowest BCUT2D eigenvalue weighted by Crippen LogP contribution is -2.30. The number of hydrogen-bond donors (Lipinski definition) is 1. The van der Waals surface area contributed by atoms with Crippen LogP contribution in [0.3, 0.4) is 0 Å². The fourth-order valence-corrected chi connectivity index (χ4v) is 4.76. The summed E-state index contributed by atoms with van der Waals surface area (Å²) in [5.41, 5.74) is 2.07. The summed E-state index contributed by atoms with van der Waals surface area (Å²) in [6.45, 7) is 2.42. The SMILES string of the molecule is CCCOc1ccccc1N1C(=O)C(=O)/C(=C(/O)c2cc(OC)c(Cl)cc2OC)C1c1ccc(N(C)C)cc1. The van der Waals surface area contributed by atoms with Gasteiger partial charge >= 0.3 is 0 Å². The van der Waals surface area contributed by atoms with Gasteiger partial charge in [0, 0.05) is 25.8 Å². The topological polar surface area (TPSA) is 88.5 Å². The minimum atomic E-state index is -0.945. The van der Waals surface area contributed by atoms with Crippen LogP contribution in [0.1, 0.15) is 30.5 Å². The second-order valence-corrected chi connectivity index (χ2v) is 9.57. The zero-order valence-corrected chi connectivity index (χ0v) is 23.3. The molecule has 1 atom stereocenters. The standard InChI is InChI=1S/C30H31ClN2O6/c1-6-15-39-23-10-8-7-9-22(23)33-27(18-11-13-19(14-12-18)32(2)3)26(29(35)30(33)36)28(34)20-16-25(38-5)21(31)17-24(20)37-4/h7-14,16-17,27,34H,6,15H2,1-5H3/b28-26+. The van der Waals surface area contributed by atoms with Crippen molar-refractivity contribution in [2.24, 2.45) is 0 Å². The van der Waals surface area contributed by atoms with Crippen LogP contribution in [-0.2, 0) is 9.59 Å². The number of amides is 1. The average molecular weight is 551 g/mol. The first-order valence-corrected chi connectivity index (χ1v) is 12.8. The van der Waals surface area contributed by atoms with Crippen LogP contribution in [0.15, 0.2) is 66.2 Å². The molecule has 0 bridgehead atoms. The van der Waals surface area contributed by atoms with Crippen molar-refractivity contribution < 1.29 is 28.9 Å². The lowest BCUT2D eigenvalue weighted by atomic mass is 9.94. The number of halogens is 1. The minimum Gasteiger partial charge on any atom is -0.507 e. The molecular formula is C30H31ClN2O6. The molecule has 1 aliphatic heterocycles. The number of para-hydroxylation sites is 2. The van der Waals surface area contributed by atoms with Gasteiger partial charge in [-0.3, -0.25) is 14.5 Å². The van der Waals surface area contributed by atoms with Gasteiger partial charge in [0.05, 0.1) is 48.7 Å². The molecule has 0 radical (unpaired) electrons. The van der Waals surface area contributed by atoms with Crippen molar-refractivity contribution in [3.63, 3.8) is 0 Å². The van der Waals surface area contributed by atoms with Crippen LogP contribution in [0, 0.1) is 0 Å². The summed E-state index contributed by atoms with van der Waals surface area (Å²) in [6.07, 6.45) is 0.765. The maximum atomic E-state index is 13.7. The van der Waals surface area contributed by atoms with E-state index >= 15 is 0 Å². The number of aliphatic hydroxyl groups excluding tert-OH is 1. The van der Waals surface area contributed by atoms with Crippen LogP contribution in [0.4, 0.5) is 11.4 Å². The number of hydrogen-bond acceptors (Lipinski definition) is 7. The number of nitrogens with zero attached hydrogens (tertiary/aromatic N) is 2. The van der Waals surface area contributed by atoms with Crippen LogP contribution in [0.5, 0.6) is 17.2 Å². The van der Waals surface area contributed by atoms with Crippen molar-refractivity contribution in [2.75, 3.05) is 44.7 Å². The van der Waals surface area contributed by atoms with E-state index in [1.807, 2.05) is 50.2 Å². The zero-order chi connectivity index (χ0) is 28.3. The number of anilines is 2. The molecule has 0 aliphatic carbocycles. The summed E-state index contributed by atoms with van der Waals surface area (Å²) < 4.78 is 16.7. The molecule has 9 heteroatoms. The molecule has 39 heavy (non-hydrogen) atoms. The molecule has 1 unspecified atom stereocenters. The Morgan fingerprint density at radius 2 is 1.64 bits per heavy atom. The molecule has 8 nitrogen and oxygen atoms in total. The van der Waals surface area contributed by atoms with Crippen molar-refractivity contribution in [3.05, 3.63) is 82.4 Å². The lowest BCUT2D eigenvalue weighted by Gasteiger charge is -2.27. The Morgan fingerprint density at radius 3 is 2.26 bits per heavy atom. The highest BCUT2D eigenvalue weighted by atomic mass is 35.5. The fraction of sp³-hybridized carbons (Fsp3) is 0.267. The Bertz CT molecular complexity index is 1420. The van der Waals surface area contributed by atoms with Crippen molar-refractivity contribution in [3.8, 4) is 17.2 Å². The molecule has 0 saturated carbocycles. The van der Waals surface area contributed by atoms with E-state index in [1.165, 1.54) is 31.3 Å². The Kier molecular flexibility index (Phi) is 8.35. The molecule has 3 aromatic carbocycles. The monoisotopic (exact) mass is 550 g/mol. The number of ether oxygens (including phenoxy) is 3. The number of carbonyl (C=O) groups is 2. The number of Topliss-reactive ketones (excluding diaryl/α,β-unsaturated/α-hetero) is 1. The number of ketones is 1. The van der Waals surface area contributed by atoms with Crippen molar-refractivity contribution in [1.82, 2.24) is 0 Å². The summed E-state index contributed by atoms with van der Waals surface area (Å²) in [6, 6.07) is 16.5. The minimum absolute atomic E-state index is 0.0921. The Balaban J connectivity index is 1.99. The van der Waals surface area contributed by atoms with Gasteiger partial charge in [0.15, 0.2) is 0 Å². The molecule has 204 valence electrons. The molecule has 4 rings (SSSR count). The van der Waals surface area contributed by atoms with Crippen LogP contribution < -0.4 is 24.0 Å². The van der Waals surface area contributed by atoms with E-state index in [0.717, 1.165) is 12.1 Å². The molecule has 1 saturated heterocycles. The molecule has 1 fully saturated rings. The molecule has 1 heterocycles. The third-order valence-corrected chi connectivity index (χ3v) is 6.78. The maximum absolute atomic E-state index is 13.7. The third kappa shape index (κ3) is 5.25. The Hall–Kier alpha value is -4.17. The first-order valence-electron chi connectivity index (χ1n) is 12.4. The number of rotatable bonds is 9. The fourth-order valence-electron chi connectivity index (χ4n) is 4.53. The molecule has 3 aromatic rings. The molecule has 1 amide bonds. The number of carbonyl (C=O) groups excluding carboxylic acids is 2. The van der Waals surface area contributed by atoms with Crippen LogP contribution >= 0.6 is 11.6 Å². The highest BCUT2D eigenvalue weighted by Crippen LogP contribution is 2.47. The highest BCUT2D eigenvalue weighted by Gasteiger charge is 2.48. The van der Waals surface area contributed by atoms with Crippen LogP contribution in [0.2, 0.25) is 5.02 Å². The van der Waals surface area contributed by atoms with E-state index in [9.17, 15) is 14.7 Å². The van der Waals surface area contributed by atoms with Crippen molar-refractivity contribution in [1.29, 1.82) is 0 Å². The predicted octanol–water partition coefficient (Wildman–Crippen LogP) is 5.84. The van der Waals surface area contributed by atoms with Gasteiger partial charge in [-0.2, -0.15) is 0 Å². The quantitative estimate of drug-likeness (QED) is 0.203. The van der Waals surface area contributed by atoms with Crippen molar-refractivity contribution in [2.45, 2.75) is 19.4 Å². The average Bonchev–Trinajstić information content (AvgIpc) is 3.21. The largest absolute Gasteiger partial charge is 0.507 e. The van der Waals surface area contributed by atoms with Gasteiger partial charge in [0.1, 0.15) is 23.0 Å². The molecule has 1 N–H and O–H groups in total. The van der Waals surface area contributed by atoms with E-state index in [1.54, 1.807) is 24.3 Å². The summed E-state index contributed by atoms with van der Waals surface area (Å²) >= 11 is 6.27. The number of benzene rings is 3. The first-order chi connectivity index (χ1) is 18.7. The normalized spacial score (nSPS) is 16.4. The second kappa shape index (κ2) is 11.7. The van der Waals surface area contributed by atoms with E-state index < -0.39 is 23.5 Å². The lowest BCUT2D eigenvalue weighted by molar-refractivity contribution is -0.132. The Morgan fingerprint density at radius 1 is 0.974 bits per heavy atom. The van der Waals surface area contributed by atoms with Crippen LogP contribution in [0.25, 0.3) is 5.76 Å². The van der Waals surface area contributed by atoms with Gasteiger partial charge in [-0.15, -0.1) is 0 Å². The summed E-state index contributed by atoms with van der Waals surface area (Å²) in [4.78, 5) is 30.6. The second-order valence-electron chi connectivity index (χ2n) is 9.16. The van der Waals surface area contributed by atoms with Crippen LogP contribution in [-0.4, -0.2) is 51.7 Å². The predicted molar refractivity (Wildman–Crippen MR) is 152 cm³/mol. The smallest absolute Gasteiger partial charge is 0.300 e. The van der Waals surface area contributed by atoms with Gasteiger partial charge < -0.3 is 24.2 Å². The van der Waals surface area contributed by atoms with E-state index in [2.05, 4.69) is 0 Å². The highest BCUT2D eigenvalue weighted by molar-refractivity contribution is 6.52. The number of methoxy groups -OCH3 is 2. The molecule has 0 spiro atoms. The molecular weight excluding hydrogens is 520 g/mol. The van der Waals surface area contributed by atoms with E-state index in [4.69, 9.17) is 25.8 Å². The maximum Gasteiger partial charge on any atom is 0.300 e. The van der Waals surface area contributed by atoms with Gasteiger partial charge in [0.25, 0.3) is 11.7 Å². The van der Waals surface area contributed by atoms with Gasteiger partial charge in [0.2, 0.25) is 0 Å². The molecule has 1 aliphatic rings. The van der Waals surface area contributed by atoms with Crippen molar-refractivity contribution >= 4 is 40.4 Å².